The molecule has 0 amide bonds. The Balaban J connectivity index is 2.31. The zero-order valence-corrected chi connectivity index (χ0v) is 9.56. The predicted octanol–water partition coefficient (Wildman–Crippen LogP) is 3.05. The first-order chi connectivity index (χ1) is 7.56. The molecule has 0 spiro atoms. The normalized spacial score (nSPS) is 15.2. The van der Waals surface area contributed by atoms with Gasteiger partial charge in [0.2, 0.25) is 0 Å². The lowest BCUT2D eigenvalue weighted by molar-refractivity contribution is 0.0696. The fraction of sp³-hybridized carbons (Fsp3) is 0.462. The summed E-state index contributed by atoms with van der Waals surface area (Å²) < 4.78 is 5.64. The first kappa shape index (κ1) is 11.0. The highest BCUT2D eigenvalue weighted by molar-refractivity contribution is 5.88. The number of hydrogen-bond donors (Lipinski definition) is 1. The molecule has 1 aromatic rings. The standard InChI is InChI=1S/C13H16O3/c1-8(2)9-5-10(13(14)15)7-12(6-9)16-11-3-4-11/h5-8,11H,3-4H2,1-2H3,(H,14,15). The summed E-state index contributed by atoms with van der Waals surface area (Å²) in [5.74, 6) is 0.0927. The molecule has 1 fully saturated rings. The Labute approximate surface area is 95.0 Å². The van der Waals surface area contributed by atoms with Gasteiger partial charge in [0.1, 0.15) is 5.75 Å². The maximum absolute atomic E-state index is 11.0. The van der Waals surface area contributed by atoms with E-state index in [1.807, 2.05) is 19.9 Å². The lowest BCUT2D eigenvalue weighted by atomic mass is 10.0. The topological polar surface area (TPSA) is 46.5 Å². The molecule has 0 atom stereocenters. The Hall–Kier alpha value is -1.51. The van der Waals surface area contributed by atoms with Crippen LogP contribution in [0.15, 0.2) is 18.2 Å². The number of ether oxygens (including phenoxy) is 1. The van der Waals surface area contributed by atoms with Crippen molar-refractivity contribution in [1.82, 2.24) is 0 Å². The molecular weight excluding hydrogens is 204 g/mol. The van der Waals surface area contributed by atoms with Crippen molar-refractivity contribution in [3.8, 4) is 5.75 Å². The third-order valence-electron chi connectivity index (χ3n) is 2.67. The Kier molecular flexibility index (Phi) is 2.86. The number of benzene rings is 1. The minimum Gasteiger partial charge on any atom is -0.490 e. The molecular formula is C13H16O3. The SMILES string of the molecule is CC(C)c1cc(OC2CC2)cc(C(=O)O)c1. The number of carbonyl (C=O) groups is 1. The molecule has 0 bridgehead atoms. The summed E-state index contributed by atoms with van der Waals surface area (Å²) in [6.45, 7) is 4.09. The molecule has 3 heteroatoms. The van der Waals surface area contributed by atoms with Crippen LogP contribution in [0, 0.1) is 0 Å². The van der Waals surface area contributed by atoms with Gasteiger partial charge >= 0.3 is 5.97 Å². The van der Waals surface area contributed by atoms with Crippen LogP contribution >= 0.6 is 0 Å². The zero-order valence-electron chi connectivity index (χ0n) is 9.56. The monoisotopic (exact) mass is 220 g/mol. The third-order valence-corrected chi connectivity index (χ3v) is 2.67. The minimum atomic E-state index is -0.900. The van der Waals surface area contributed by atoms with Crippen molar-refractivity contribution in [2.75, 3.05) is 0 Å². The van der Waals surface area contributed by atoms with Crippen LogP contribution in [0.25, 0.3) is 0 Å². The summed E-state index contributed by atoms with van der Waals surface area (Å²) in [6.07, 6.45) is 2.45. The van der Waals surface area contributed by atoms with E-state index in [9.17, 15) is 4.79 Å². The zero-order chi connectivity index (χ0) is 11.7. The van der Waals surface area contributed by atoms with E-state index in [1.54, 1.807) is 12.1 Å². The number of aromatic carboxylic acids is 1. The van der Waals surface area contributed by atoms with Crippen LogP contribution in [-0.4, -0.2) is 17.2 Å². The molecule has 0 heterocycles. The van der Waals surface area contributed by atoms with E-state index in [2.05, 4.69) is 0 Å². The molecule has 1 saturated carbocycles. The van der Waals surface area contributed by atoms with Gasteiger partial charge in [0, 0.05) is 0 Å². The highest BCUT2D eigenvalue weighted by atomic mass is 16.5. The maximum atomic E-state index is 11.0. The van der Waals surface area contributed by atoms with Crippen LogP contribution in [0.1, 0.15) is 48.5 Å². The second-order valence-corrected chi connectivity index (χ2v) is 4.57. The van der Waals surface area contributed by atoms with Gasteiger partial charge in [0.15, 0.2) is 0 Å². The molecule has 0 unspecified atom stereocenters. The van der Waals surface area contributed by atoms with Crippen molar-refractivity contribution < 1.29 is 14.6 Å². The number of carboxylic acid groups (broad SMARTS) is 1. The lowest BCUT2D eigenvalue weighted by Gasteiger charge is -2.11. The van der Waals surface area contributed by atoms with Crippen molar-refractivity contribution in [3.05, 3.63) is 29.3 Å². The lowest BCUT2D eigenvalue weighted by Crippen LogP contribution is -2.02. The second kappa shape index (κ2) is 4.16. The van der Waals surface area contributed by atoms with E-state index in [0.717, 1.165) is 18.4 Å². The number of hydrogen-bond acceptors (Lipinski definition) is 2. The molecule has 86 valence electrons. The molecule has 0 saturated heterocycles. The van der Waals surface area contributed by atoms with Gasteiger partial charge < -0.3 is 9.84 Å². The van der Waals surface area contributed by atoms with E-state index in [0.29, 0.717) is 23.3 Å². The van der Waals surface area contributed by atoms with Crippen LogP contribution in [0.3, 0.4) is 0 Å². The van der Waals surface area contributed by atoms with Crippen molar-refractivity contribution in [3.63, 3.8) is 0 Å². The highest BCUT2D eigenvalue weighted by Gasteiger charge is 2.24. The van der Waals surface area contributed by atoms with Gasteiger partial charge in [-0.1, -0.05) is 13.8 Å². The fourth-order valence-corrected chi connectivity index (χ4v) is 1.53. The average Bonchev–Trinajstić information content (AvgIpc) is 3.01. The fourth-order valence-electron chi connectivity index (χ4n) is 1.53. The highest BCUT2D eigenvalue weighted by Crippen LogP contribution is 2.29. The van der Waals surface area contributed by atoms with Crippen molar-refractivity contribution >= 4 is 5.97 Å². The second-order valence-electron chi connectivity index (χ2n) is 4.57. The van der Waals surface area contributed by atoms with Gasteiger partial charge in [-0.05, 0) is 42.5 Å². The summed E-state index contributed by atoms with van der Waals surface area (Å²) >= 11 is 0. The summed E-state index contributed by atoms with van der Waals surface area (Å²) in [5, 5.41) is 9.01. The van der Waals surface area contributed by atoms with Crippen LogP contribution in [-0.2, 0) is 0 Å². The smallest absolute Gasteiger partial charge is 0.335 e. The molecule has 1 aliphatic carbocycles. The maximum Gasteiger partial charge on any atom is 0.335 e. The Bertz CT molecular complexity index is 406. The minimum absolute atomic E-state index is 0.295. The van der Waals surface area contributed by atoms with E-state index in [4.69, 9.17) is 9.84 Å². The number of carboxylic acids is 1. The van der Waals surface area contributed by atoms with Gasteiger partial charge in [0.05, 0.1) is 11.7 Å². The predicted molar refractivity (Wildman–Crippen MR) is 61.1 cm³/mol. The molecule has 1 aromatic carbocycles. The molecule has 1 N–H and O–H groups in total. The quantitative estimate of drug-likeness (QED) is 0.848. The van der Waals surface area contributed by atoms with E-state index in [1.165, 1.54) is 0 Å². The van der Waals surface area contributed by atoms with Gasteiger partial charge in [0.25, 0.3) is 0 Å². The van der Waals surface area contributed by atoms with Gasteiger partial charge in [-0.3, -0.25) is 0 Å². The van der Waals surface area contributed by atoms with Crippen molar-refractivity contribution in [2.45, 2.75) is 38.7 Å². The Morgan fingerprint density at radius 3 is 2.56 bits per heavy atom. The molecule has 0 aromatic heterocycles. The van der Waals surface area contributed by atoms with E-state index >= 15 is 0 Å². The molecule has 2 rings (SSSR count). The molecule has 16 heavy (non-hydrogen) atoms. The van der Waals surface area contributed by atoms with Crippen molar-refractivity contribution in [1.29, 1.82) is 0 Å². The Morgan fingerprint density at radius 2 is 2.06 bits per heavy atom. The van der Waals surface area contributed by atoms with E-state index in [-0.39, 0.29) is 0 Å². The summed E-state index contributed by atoms with van der Waals surface area (Å²) in [7, 11) is 0. The first-order valence-electron chi connectivity index (χ1n) is 5.61. The van der Waals surface area contributed by atoms with Crippen LogP contribution in [0.2, 0.25) is 0 Å². The molecule has 1 aliphatic rings. The van der Waals surface area contributed by atoms with Gasteiger partial charge in [-0.2, -0.15) is 0 Å². The summed E-state index contributed by atoms with van der Waals surface area (Å²) in [5.41, 5.74) is 1.32. The largest absolute Gasteiger partial charge is 0.490 e. The number of rotatable bonds is 4. The van der Waals surface area contributed by atoms with Crippen LogP contribution in [0.4, 0.5) is 0 Å². The molecule has 0 radical (unpaired) electrons. The molecule has 3 nitrogen and oxygen atoms in total. The van der Waals surface area contributed by atoms with Crippen molar-refractivity contribution in [2.24, 2.45) is 0 Å². The average molecular weight is 220 g/mol. The third kappa shape index (κ3) is 2.54. The van der Waals surface area contributed by atoms with Gasteiger partial charge in [-0.15, -0.1) is 0 Å². The van der Waals surface area contributed by atoms with Crippen LogP contribution < -0.4 is 4.74 Å². The van der Waals surface area contributed by atoms with Crippen LogP contribution in [0.5, 0.6) is 5.75 Å². The first-order valence-corrected chi connectivity index (χ1v) is 5.61. The van der Waals surface area contributed by atoms with E-state index < -0.39 is 5.97 Å². The summed E-state index contributed by atoms with van der Waals surface area (Å²) in [6, 6.07) is 5.26. The van der Waals surface area contributed by atoms with Gasteiger partial charge in [-0.25, -0.2) is 4.79 Å². The summed E-state index contributed by atoms with van der Waals surface area (Å²) in [4.78, 5) is 11.0. The Morgan fingerprint density at radius 1 is 1.38 bits per heavy atom. The molecule has 0 aliphatic heterocycles.